The van der Waals surface area contributed by atoms with E-state index in [9.17, 15) is 9.59 Å². The van der Waals surface area contributed by atoms with E-state index in [0.29, 0.717) is 17.9 Å². The van der Waals surface area contributed by atoms with E-state index < -0.39 is 17.7 Å². The lowest BCUT2D eigenvalue weighted by molar-refractivity contribution is 0.0521. The van der Waals surface area contributed by atoms with Gasteiger partial charge in [0.15, 0.2) is 0 Å². The van der Waals surface area contributed by atoms with Gasteiger partial charge in [0.05, 0.1) is 23.1 Å². The largest absolute Gasteiger partial charge is 0.478 e. The Morgan fingerprint density at radius 2 is 2.04 bits per heavy atom. The van der Waals surface area contributed by atoms with E-state index in [-0.39, 0.29) is 12.1 Å². The average molecular weight is 319 g/mol. The number of imidazole rings is 1. The van der Waals surface area contributed by atoms with Crippen LogP contribution in [0.15, 0.2) is 18.2 Å². The van der Waals surface area contributed by atoms with E-state index in [1.807, 2.05) is 11.5 Å². The summed E-state index contributed by atoms with van der Waals surface area (Å²) in [6, 6.07) is 4.80. The molecule has 0 fully saturated rings. The average Bonchev–Trinajstić information content (AvgIpc) is 2.79. The summed E-state index contributed by atoms with van der Waals surface area (Å²) >= 11 is 0. The number of carboxylic acids is 1. The Morgan fingerprint density at radius 3 is 2.61 bits per heavy atom. The first-order valence-electron chi connectivity index (χ1n) is 7.40. The molecule has 0 saturated heterocycles. The van der Waals surface area contributed by atoms with E-state index in [2.05, 4.69) is 10.3 Å². The number of hydrogen-bond donors (Lipinski definition) is 2. The van der Waals surface area contributed by atoms with Gasteiger partial charge in [0.1, 0.15) is 11.4 Å². The SMILES string of the molecule is CCn1c(CNC(=O)OC(C)(C)C)nc2cc(C(=O)O)ccc21. The molecule has 124 valence electrons. The third-order valence-electron chi connectivity index (χ3n) is 3.18. The first-order chi connectivity index (χ1) is 10.7. The Balaban J connectivity index is 2.23. The van der Waals surface area contributed by atoms with Gasteiger partial charge in [0.25, 0.3) is 0 Å². The summed E-state index contributed by atoms with van der Waals surface area (Å²) in [5.74, 6) is -0.345. The molecule has 0 atom stereocenters. The first-order valence-corrected chi connectivity index (χ1v) is 7.40. The van der Waals surface area contributed by atoms with E-state index >= 15 is 0 Å². The minimum absolute atomic E-state index is 0.185. The zero-order chi connectivity index (χ0) is 17.2. The lowest BCUT2D eigenvalue weighted by Gasteiger charge is -2.19. The first kappa shape index (κ1) is 16.8. The number of aromatic carboxylic acids is 1. The third kappa shape index (κ3) is 4.00. The minimum atomic E-state index is -0.994. The number of fused-ring (bicyclic) bond motifs is 1. The fourth-order valence-electron chi connectivity index (χ4n) is 2.27. The van der Waals surface area contributed by atoms with Gasteiger partial charge in [0.2, 0.25) is 0 Å². The molecule has 0 radical (unpaired) electrons. The highest BCUT2D eigenvalue weighted by molar-refractivity contribution is 5.92. The molecule has 0 spiro atoms. The molecular formula is C16H21N3O4. The molecule has 0 aliphatic heterocycles. The number of aryl methyl sites for hydroxylation is 1. The molecule has 1 aromatic heterocycles. The Labute approximate surface area is 134 Å². The summed E-state index contributed by atoms with van der Waals surface area (Å²) in [6.07, 6.45) is -0.515. The smallest absolute Gasteiger partial charge is 0.408 e. The summed E-state index contributed by atoms with van der Waals surface area (Å²) in [4.78, 5) is 27.2. The molecule has 2 N–H and O–H groups in total. The quantitative estimate of drug-likeness (QED) is 0.904. The lowest BCUT2D eigenvalue weighted by atomic mass is 10.2. The van der Waals surface area contributed by atoms with Gasteiger partial charge in [-0.3, -0.25) is 0 Å². The second kappa shape index (κ2) is 6.28. The molecule has 0 bridgehead atoms. The van der Waals surface area contributed by atoms with Crippen molar-refractivity contribution in [3.05, 3.63) is 29.6 Å². The maximum atomic E-state index is 11.7. The fourth-order valence-corrected chi connectivity index (χ4v) is 2.27. The van der Waals surface area contributed by atoms with Gasteiger partial charge in [0, 0.05) is 6.54 Å². The van der Waals surface area contributed by atoms with Gasteiger partial charge >= 0.3 is 12.1 Å². The zero-order valence-electron chi connectivity index (χ0n) is 13.7. The number of hydrogen-bond acceptors (Lipinski definition) is 4. The van der Waals surface area contributed by atoms with Crippen LogP contribution in [-0.2, 0) is 17.8 Å². The second-order valence-electron chi connectivity index (χ2n) is 6.14. The minimum Gasteiger partial charge on any atom is -0.478 e. The van der Waals surface area contributed by atoms with Crippen molar-refractivity contribution in [2.24, 2.45) is 0 Å². The zero-order valence-corrected chi connectivity index (χ0v) is 13.7. The number of nitrogens with zero attached hydrogens (tertiary/aromatic N) is 2. The Hall–Kier alpha value is -2.57. The molecule has 1 aromatic carbocycles. The highest BCUT2D eigenvalue weighted by Crippen LogP contribution is 2.18. The van der Waals surface area contributed by atoms with E-state index in [4.69, 9.17) is 9.84 Å². The number of carboxylic acid groups (broad SMARTS) is 1. The molecule has 0 unspecified atom stereocenters. The topological polar surface area (TPSA) is 93.5 Å². The number of aromatic nitrogens is 2. The number of nitrogens with one attached hydrogen (secondary N) is 1. The summed E-state index contributed by atoms with van der Waals surface area (Å²) in [6.45, 7) is 8.21. The highest BCUT2D eigenvalue weighted by Gasteiger charge is 2.17. The predicted octanol–water partition coefficient (Wildman–Crippen LogP) is 2.78. The van der Waals surface area contributed by atoms with Crippen molar-refractivity contribution in [3.8, 4) is 0 Å². The molecule has 1 heterocycles. The number of carbonyl (C=O) groups excluding carboxylic acids is 1. The van der Waals surface area contributed by atoms with Crippen LogP contribution in [0.25, 0.3) is 11.0 Å². The normalized spacial score (nSPS) is 11.5. The van der Waals surface area contributed by atoms with Crippen molar-refractivity contribution < 1.29 is 19.4 Å². The highest BCUT2D eigenvalue weighted by atomic mass is 16.6. The maximum Gasteiger partial charge on any atom is 0.408 e. The van der Waals surface area contributed by atoms with Crippen LogP contribution in [0.5, 0.6) is 0 Å². The van der Waals surface area contributed by atoms with E-state index in [0.717, 1.165) is 5.52 Å². The molecule has 2 aromatic rings. The van der Waals surface area contributed by atoms with Crippen molar-refractivity contribution in [2.75, 3.05) is 0 Å². The Morgan fingerprint density at radius 1 is 1.35 bits per heavy atom. The fraction of sp³-hybridized carbons (Fsp3) is 0.438. The van der Waals surface area contributed by atoms with Crippen molar-refractivity contribution in [1.82, 2.24) is 14.9 Å². The molecule has 0 aliphatic carbocycles. The van der Waals surface area contributed by atoms with Crippen LogP contribution in [0.2, 0.25) is 0 Å². The molecule has 0 aliphatic rings. The van der Waals surface area contributed by atoms with Gasteiger partial charge in [-0.2, -0.15) is 0 Å². The van der Waals surface area contributed by atoms with Crippen LogP contribution >= 0.6 is 0 Å². The van der Waals surface area contributed by atoms with Gasteiger partial charge in [-0.1, -0.05) is 0 Å². The summed E-state index contributed by atoms with van der Waals surface area (Å²) in [7, 11) is 0. The van der Waals surface area contributed by atoms with E-state index in [1.165, 1.54) is 6.07 Å². The molecule has 23 heavy (non-hydrogen) atoms. The summed E-state index contributed by atoms with van der Waals surface area (Å²) < 4.78 is 7.12. The van der Waals surface area contributed by atoms with Crippen molar-refractivity contribution >= 4 is 23.1 Å². The molecule has 2 rings (SSSR count). The number of carbonyl (C=O) groups is 2. The second-order valence-corrected chi connectivity index (χ2v) is 6.14. The van der Waals surface area contributed by atoms with Gasteiger partial charge in [-0.25, -0.2) is 14.6 Å². The Kier molecular flexibility index (Phi) is 4.58. The van der Waals surface area contributed by atoms with Crippen LogP contribution in [-0.4, -0.2) is 32.3 Å². The van der Waals surface area contributed by atoms with Crippen LogP contribution in [0.4, 0.5) is 4.79 Å². The van der Waals surface area contributed by atoms with Gasteiger partial charge in [-0.05, 0) is 45.9 Å². The van der Waals surface area contributed by atoms with Gasteiger partial charge in [-0.15, -0.1) is 0 Å². The van der Waals surface area contributed by atoms with Crippen molar-refractivity contribution in [2.45, 2.75) is 46.4 Å². The summed E-state index contributed by atoms with van der Waals surface area (Å²) in [5, 5.41) is 11.7. The van der Waals surface area contributed by atoms with Crippen LogP contribution < -0.4 is 5.32 Å². The van der Waals surface area contributed by atoms with E-state index in [1.54, 1.807) is 32.9 Å². The maximum absolute atomic E-state index is 11.7. The van der Waals surface area contributed by atoms with Crippen molar-refractivity contribution in [1.29, 1.82) is 0 Å². The number of alkyl carbamates (subject to hydrolysis) is 1. The summed E-state index contributed by atoms with van der Waals surface area (Å²) in [5.41, 5.74) is 1.04. The van der Waals surface area contributed by atoms with Crippen LogP contribution in [0.3, 0.4) is 0 Å². The monoisotopic (exact) mass is 319 g/mol. The molecule has 7 nitrogen and oxygen atoms in total. The number of rotatable bonds is 4. The predicted molar refractivity (Wildman–Crippen MR) is 85.4 cm³/mol. The number of benzene rings is 1. The van der Waals surface area contributed by atoms with Gasteiger partial charge < -0.3 is 19.7 Å². The number of ether oxygens (including phenoxy) is 1. The Bertz CT molecular complexity index is 744. The number of amides is 1. The third-order valence-corrected chi connectivity index (χ3v) is 3.18. The molecular weight excluding hydrogens is 298 g/mol. The van der Waals surface area contributed by atoms with Crippen LogP contribution in [0, 0.1) is 0 Å². The molecule has 1 amide bonds. The van der Waals surface area contributed by atoms with Crippen molar-refractivity contribution in [3.63, 3.8) is 0 Å². The lowest BCUT2D eigenvalue weighted by Crippen LogP contribution is -2.32. The molecule has 0 saturated carbocycles. The standard InChI is InChI=1S/C16H21N3O4/c1-5-19-12-7-6-10(14(20)21)8-11(12)18-13(19)9-17-15(22)23-16(2,3)4/h6-8H,5,9H2,1-4H3,(H,17,22)(H,20,21). The molecule has 7 heteroatoms. The van der Waals surface area contributed by atoms with Crippen LogP contribution in [0.1, 0.15) is 43.9 Å².